The Morgan fingerprint density at radius 1 is 1.22 bits per heavy atom. The summed E-state index contributed by atoms with van der Waals surface area (Å²) >= 11 is 5.22. The van der Waals surface area contributed by atoms with Gasteiger partial charge in [-0.05, 0) is 79.4 Å². The third kappa shape index (κ3) is 5.65. The number of aromatic nitrogens is 3. The summed E-state index contributed by atoms with van der Waals surface area (Å²) in [6, 6.07) is 9.29. The lowest BCUT2D eigenvalue weighted by atomic mass is 9.94. The van der Waals surface area contributed by atoms with E-state index in [1.165, 1.54) is 0 Å². The highest BCUT2D eigenvalue weighted by atomic mass is 79.9. The number of methoxy groups -OCH3 is 1. The van der Waals surface area contributed by atoms with Gasteiger partial charge in [0, 0.05) is 17.1 Å². The monoisotopic (exact) mass is 585 g/mol. The molecule has 37 heavy (non-hydrogen) atoms. The van der Waals surface area contributed by atoms with Gasteiger partial charge in [0.25, 0.3) is 5.91 Å². The van der Waals surface area contributed by atoms with Gasteiger partial charge in [-0.1, -0.05) is 36.4 Å². The molecule has 1 aliphatic rings. The second-order valence-electron chi connectivity index (χ2n) is 8.82. The van der Waals surface area contributed by atoms with E-state index in [4.69, 9.17) is 19.6 Å². The fourth-order valence-corrected chi connectivity index (χ4v) is 5.64. The van der Waals surface area contributed by atoms with Crippen LogP contribution in [0.25, 0.3) is 0 Å². The number of carbonyl (C=O) groups excluding carboxylic acids is 1. The van der Waals surface area contributed by atoms with Crippen LogP contribution in [0.2, 0.25) is 0 Å². The Labute approximate surface area is 230 Å². The molecule has 4 rings (SSSR count). The number of ether oxygens (including phenoxy) is 2. The number of benzene rings is 2. The average Bonchev–Trinajstić information content (AvgIpc) is 3.25. The van der Waals surface area contributed by atoms with Gasteiger partial charge >= 0.3 is 0 Å². The van der Waals surface area contributed by atoms with E-state index >= 15 is 0 Å². The molecular weight excluding hydrogens is 554 g/mol. The van der Waals surface area contributed by atoms with Gasteiger partial charge in [0.1, 0.15) is 6.04 Å². The van der Waals surface area contributed by atoms with Crippen LogP contribution in [0.5, 0.6) is 11.5 Å². The summed E-state index contributed by atoms with van der Waals surface area (Å²) in [4.78, 5) is 18.6. The van der Waals surface area contributed by atoms with E-state index in [1.807, 2.05) is 52.0 Å². The zero-order valence-electron chi connectivity index (χ0n) is 21.9. The number of allylic oxidation sites excluding steroid dienone is 1. The number of fused-ring (bicyclic) bond motifs is 1. The number of rotatable bonds is 9. The summed E-state index contributed by atoms with van der Waals surface area (Å²) in [5.74, 6) is 2.47. The number of amides is 1. The Balaban J connectivity index is 1.84. The molecule has 1 unspecified atom stereocenters. The zero-order chi connectivity index (χ0) is 26.7. The number of nitrogens with zero attached hydrogens (tertiary/aromatic N) is 3. The Bertz CT molecular complexity index is 1350. The van der Waals surface area contributed by atoms with Crippen LogP contribution in [0.4, 0.5) is 11.6 Å². The number of thioether (sulfide) groups is 1. The molecule has 2 N–H and O–H groups in total. The maximum absolute atomic E-state index is 13.9. The van der Waals surface area contributed by atoms with Crippen LogP contribution in [-0.2, 0) is 4.79 Å². The first-order valence-electron chi connectivity index (χ1n) is 12.2. The topological polar surface area (TPSA) is 90.3 Å². The quantitative estimate of drug-likeness (QED) is 0.277. The summed E-state index contributed by atoms with van der Waals surface area (Å²) in [7, 11) is 1.60. The molecule has 8 nitrogen and oxygen atoms in total. The fourth-order valence-electron chi connectivity index (χ4n) is 4.34. The minimum absolute atomic E-state index is 0.212. The van der Waals surface area contributed by atoms with Crippen molar-refractivity contribution in [3.63, 3.8) is 0 Å². The number of hydrogen-bond acceptors (Lipinski definition) is 7. The highest BCUT2D eigenvalue weighted by Crippen LogP contribution is 2.43. The first kappa shape index (κ1) is 27.1. The van der Waals surface area contributed by atoms with Crippen LogP contribution in [0.3, 0.4) is 0 Å². The van der Waals surface area contributed by atoms with Crippen molar-refractivity contribution in [2.75, 3.05) is 30.1 Å². The first-order valence-corrected chi connectivity index (χ1v) is 14.0. The lowest BCUT2D eigenvalue weighted by molar-refractivity contribution is -0.113. The largest absolute Gasteiger partial charge is 0.492 e. The van der Waals surface area contributed by atoms with Gasteiger partial charge < -0.3 is 20.1 Å². The molecule has 2 aromatic carbocycles. The molecule has 0 spiro atoms. The van der Waals surface area contributed by atoms with Crippen LogP contribution in [0.1, 0.15) is 49.9 Å². The summed E-state index contributed by atoms with van der Waals surface area (Å²) in [5, 5.41) is 11.9. The molecule has 0 fully saturated rings. The van der Waals surface area contributed by atoms with Crippen molar-refractivity contribution >= 4 is 45.2 Å². The van der Waals surface area contributed by atoms with Crippen LogP contribution >= 0.6 is 27.7 Å². The second kappa shape index (κ2) is 11.6. The molecule has 1 amide bonds. The Hall–Kier alpha value is -2.98. The van der Waals surface area contributed by atoms with E-state index in [-0.39, 0.29) is 5.91 Å². The van der Waals surface area contributed by atoms with Gasteiger partial charge in [0.05, 0.1) is 23.8 Å². The Morgan fingerprint density at radius 2 is 2.00 bits per heavy atom. The molecule has 1 atom stereocenters. The van der Waals surface area contributed by atoms with Crippen molar-refractivity contribution in [3.8, 4) is 11.5 Å². The predicted molar refractivity (Wildman–Crippen MR) is 152 cm³/mol. The van der Waals surface area contributed by atoms with E-state index in [1.54, 1.807) is 23.6 Å². The number of carbonyl (C=O) groups is 1. The average molecular weight is 587 g/mol. The number of halogens is 1. The molecule has 0 aliphatic carbocycles. The Morgan fingerprint density at radius 3 is 2.68 bits per heavy atom. The Kier molecular flexibility index (Phi) is 8.49. The van der Waals surface area contributed by atoms with Crippen molar-refractivity contribution < 1.29 is 14.3 Å². The minimum Gasteiger partial charge on any atom is -0.492 e. The molecular formula is C27H32BrN5O3S. The molecule has 1 aliphatic heterocycles. The van der Waals surface area contributed by atoms with Crippen molar-refractivity contribution in [2.24, 2.45) is 0 Å². The molecule has 0 saturated carbocycles. The highest BCUT2D eigenvalue weighted by molar-refractivity contribution is 9.10. The number of nitrogens with one attached hydrogen (secondary N) is 2. The van der Waals surface area contributed by atoms with Crippen LogP contribution in [-0.4, -0.2) is 40.1 Å². The lowest BCUT2D eigenvalue weighted by Crippen LogP contribution is -2.31. The lowest BCUT2D eigenvalue weighted by Gasteiger charge is -2.29. The zero-order valence-corrected chi connectivity index (χ0v) is 24.3. The normalized spacial score (nSPS) is 14.7. The standard InChI is InChI=1S/C27H32BrN5O3S/c1-7-11-37-27-31-26-29-17(5)22(25(34)30-20-10-9-15(3)12-16(20)4)23(33(26)32-27)18-13-19(28)24(35-6)21(14-18)36-8-2/h9-10,12-14,23H,7-8,11H2,1-6H3,(H,30,34)(H,29,31,32). The molecule has 1 aromatic heterocycles. The molecule has 10 heteroatoms. The minimum atomic E-state index is -0.535. The molecule has 0 bridgehead atoms. The molecule has 2 heterocycles. The number of hydrogen-bond donors (Lipinski definition) is 2. The van der Waals surface area contributed by atoms with Crippen molar-refractivity contribution in [2.45, 2.75) is 52.2 Å². The number of aryl methyl sites for hydroxylation is 2. The predicted octanol–water partition coefficient (Wildman–Crippen LogP) is 6.49. The third-order valence-corrected chi connectivity index (χ3v) is 7.63. The molecule has 0 radical (unpaired) electrons. The van der Waals surface area contributed by atoms with Gasteiger partial charge in [-0.2, -0.15) is 4.98 Å². The molecule has 0 saturated heterocycles. The maximum atomic E-state index is 13.9. The molecule has 3 aromatic rings. The van der Waals surface area contributed by atoms with Crippen LogP contribution in [0.15, 0.2) is 51.2 Å². The van der Waals surface area contributed by atoms with Gasteiger partial charge in [0.2, 0.25) is 11.1 Å². The number of anilines is 2. The molecule has 196 valence electrons. The first-order chi connectivity index (χ1) is 17.8. The second-order valence-corrected chi connectivity index (χ2v) is 10.7. The third-order valence-electron chi connectivity index (χ3n) is 5.99. The summed E-state index contributed by atoms with van der Waals surface area (Å²) in [5.41, 5.74) is 4.98. The summed E-state index contributed by atoms with van der Waals surface area (Å²) in [6.45, 7) is 10.4. The van der Waals surface area contributed by atoms with Crippen molar-refractivity contribution in [1.82, 2.24) is 14.8 Å². The van der Waals surface area contributed by atoms with Crippen molar-refractivity contribution in [1.29, 1.82) is 0 Å². The summed E-state index contributed by atoms with van der Waals surface area (Å²) in [6.07, 6.45) is 1.01. The van der Waals surface area contributed by atoms with Gasteiger partial charge in [-0.25, -0.2) is 4.68 Å². The van der Waals surface area contributed by atoms with Gasteiger partial charge in [-0.3, -0.25) is 4.79 Å². The van der Waals surface area contributed by atoms with E-state index < -0.39 is 6.04 Å². The SMILES string of the molecule is CCCSc1nc2n(n1)C(c1cc(Br)c(OC)c(OCC)c1)C(C(=O)Nc1ccc(C)cc1C)=C(C)N2. The van der Waals surface area contributed by atoms with E-state index in [0.29, 0.717) is 40.5 Å². The van der Waals surface area contributed by atoms with E-state index in [0.717, 1.165) is 39.0 Å². The van der Waals surface area contributed by atoms with E-state index in [2.05, 4.69) is 39.6 Å². The van der Waals surface area contributed by atoms with Gasteiger partial charge in [0.15, 0.2) is 11.5 Å². The van der Waals surface area contributed by atoms with Gasteiger partial charge in [-0.15, -0.1) is 5.10 Å². The smallest absolute Gasteiger partial charge is 0.255 e. The summed E-state index contributed by atoms with van der Waals surface area (Å²) < 4.78 is 14.0. The maximum Gasteiger partial charge on any atom is 0.255 e. The highest BCUT2D eigenvalue weighted by Gasteiger charge is 2.35. The van der Waals surface area contributed by atoms with Crippen LogP contribution < -0.4 is 20.1 Å². The van der Waals surface area contributed by atoms with E-state index in [9.17, 15) is 4.79 Å². The fraction of sp³-hybridized carbons (Fsp3) is 0.370. The van der Waals surface area contributed by atoms with Crippen LogP contribution in [0, 0.1) is 13.8 Å². The van der Waals surface area contributed by atoms with Crippen molar-refractivity contribution in [3.05, 3.63) is 62.8 Å².